The number of benzene rings is 2. The molecule has 0 aliphatic carbocycles. The number of rotatable bonds is 18. The van der Waals surface area contributed by atoms with Gasteiger partial charge in [-0.05, 0) is 42.2 Å². The number of hydrogen-bond donors (Lipinski definition) is 5. The highest BCUT2D eigenvalue weighted by Gasteiger charge is 2.38. The number of nitrogens with zero attached hydrogens (tertiary/aromatic N) is 2. The second kappa shape index (κ2) is 21.0. The number of nitrogens with one attached hydrogen (secondary N) is 2. The summed E-state index contributed by atoms with van der Waals surface area (Å²) in [5.41, 5.74) is 18.6. The van der Waals surface area contributed by atoms with Crippen LogP contribution in [-0.2, 0) is 25.7 Å². The molecule has 12 nitrogen and oxygen atoms in total. The standard InChI is InChI=1S/C36H51N7O5/c1-25(2)22-30(42-33(45)29(37)19-13-21-40-35(38)39)34(46)43(36(47)48-24-28-17-9-6-10-18-28)31(26(3)4)23-41-32(44)20-12-11-16-27-14-7-5-8-15-27/h5-12,14-18,20,25-26,29-31H,13,19,21-24,37H2,1-4H3,(H,41,44)(H,42,45)(H4,38,39,40)/b16-11+,20-12+/t29-,30-,31+/m0/s1. The Labute approximate surface area is 283 Å². The minimum atomic E-state index is -1.08. The Kier molecular flexibility index (Phi) is 17.2. The second-order valence-electron chi connectivity index (χ2n) is 12.2. The molecule has 0 radical (unpaired) electrons. The zero-order chi connectivity index (χ0) is 35.5. The first-order chi connectivity index (χ1) is 22.9. The average Bonchev–Trinajstić information content (AvgIpc) is 3.05. The van der Waals surface area contributed by atoms with Crippen LogP contribution in [-0.4, -0.2) is 65.9 Å². The first kappa shape index (κ1) is 39.2. The number of nitrogens with two attached hydrogens (primary N) is 3. The molecule has 0 aliphatic rings. The van der Waals surface area contributed by atoms with Crippen LogP contribution in [0.1, 0.15) is 58.1 Å². The Morgan fingerprint density at radius 3 is 2.19 bits per heavy atom. The van der Waals surface area contributed by atoms with E-state index < -0.39 is 41.9 Å². The highest BCUT2D eigenvalue weighted by molar-refractivity contribution is 5.98. The van der Waals surface area contributed by atoms with Crippen LogP contribution in [0.15, 0.2) is 83.9 Å². The minimum absolute atomic E-state index is 0.0224. The van der Waals surface area contributed by atoms with Crippen molar-refractivity contribution >= 4 is 35.9 Å². The lowest BCUT2D eigenvalue weighted by Gasteiger charge is -2.35. The summed E-state index contributed by atoms with van der Waals surface area (Å²) in [6, 6.07) is 15.9. The lowest BCUT2D eigenvalue weighted by molar-refractivity contribution is -0.138. The van der Waals surface area contributed by atoms with Gasteiger partial charge in [-0.3, -0.25) is 19.4 Å². The third-order valence-electron chi connectivity index (χ3n) is 7.30. The molecule has 260 valence electrons. The summed E-state index contributed by atoms with van der Waals surface area (Å²) in [5, 5.41) is 5.56. The maximum atomic E-state index is 14.2. The van der Waals surface area contributed by atoms with Crippen LogP contribution < -0.4 is 27.8 Å². The Morgan fingerprint density at radius 1 is 0.938 bits per heavy atom. The molecule has 0 heterocycles. The number of guanidine groups is 1. The number of carbonyl (C=O) groups excluding carboxylic acids is 4. The predicted molar refractivity (Wildman–Crippen MR) is 189 cm³/mol. The molecular formula is C36H51N7O5. The third kappa shape index (κ3) is 14.6. The lowest BCUT2D eigenvalue weighted by Crippen LogP contribution is -2.59. The van der Waals surface area contributed by atoms with Gasteiger partial charge in [0.1, 0.15) is 12.6 Å². The Morgan fingerprint density at radius 2 is 1.58 bits per heavy atom. The van der Waals surface area contributed by atoms with Crippen LogP contribution in [0, 0.1) is 11.8 Å². The highest BCUT2D eigenvalue weighted by Crippen LogP contribution is 2.18. The molecule has 8 N–H and O–H groups in total. The summed E-state index contributed by atoms with van der Waals surface area (Å²) in [7, 11) is 0. The quantitative estimate of drug-likeness (QED) is 0.0526. The van der Waals surface area contributed by atoms with Gasteiger partial charge in [0.25, 0.3) is 5.91 Å². The molecule has 0 aliphatic heterocycles. The lowest BCUT2D eigenvalue weighted by atomic mass is 9.98. The van der Waals surface area contributed by atoms with E-state index in [1.807, 2.05) is 82.3 Å². The monoisotopic (exact) mass is 661 g/mol. The molecule has 3 atom stereocenters. The molecule has 0 fully saturated rings. The third-order valence-corrected chi connectivity index (χ3v) is 7.30. The van der Waals surface area contributed by atoms with Gasteiger partial charge in [0, 0.05) is 19.2 Å². The van der Waals surface area contributed by atoms with E-state index in [2.05, 4.69) is 15.6 Å². The van der Waals surface area contributed by atoms with Crippen LogP contribution >= 0.6 is 0 Å². The molecule has 0 spiro atoms. The van der Waals surface area contributed by atoms with Crippen molar-refractivity contribution in [3.63, 3.8) is 0 Å². The molecule has 0 unspecified atom stereocenters. The van der Waals surface area contributed by atoms with E-state index in [4.69, 9.17) is 21.9 Å². The van der Waals surface area contributed by atoms with Gasteiger partial charge in [-0.2, -0.15) is 0 Å². The predicted octanol–water partition coefficient (Wildman–Crippen LogP) is 3.47. The van der Waals surface area contributed by atoms with Crippen LogP contribution in [0.2, 0.25) is 0 Å². The van der Waals surface area contributed by atoms with Gasteiger partial charge in [-0.25, -0.2) is 9.69 Å². The number of ether oxygens (including phenoxy) is 1. The Bertz CT molecular complexity index is 1390. The van der Waals surface area contributed by atoms with Crippen molar-refractivity contribution in [3.05, 3.63) is 90.0 Å². The summed E-state index contributed by atoms with van der Waals surface area (Å²) in [6.07, 6.45) is 6.68. The fourth-order valence-corrected chi connectivity index (χ4v) is 4.73. The van der Waals surface area contributed by atoms with Crippen molar-refractivity contribution in [3.8, 4) is 0 Å². The number of hydrogen-bond acceptors (Lipinski definition) is 7. The average molecular weight is 662 g/mol. The van der Waals surface area contributed by atoms with Crippen LogP contribution in [0.5, 0.6) is 0 Å². The van der Waals surface area contributed by atoms with Gasteiger partial charge in [0.15, 0.2) is 5.96 Å². The molecule has 0 bridgehead atoms. The molecule has 0 saturated carbocycles. The highest BCUT2D eigenvalue weighted by atomic mass is 16.6. The number of imide groups is 1. The van der Waals surface area contributed by atoms with Crippen molar-refractivity contribution in [2.75, 3.05) is 13.1 Å². The normalized spacial score (nSPS) is 13.2. The molecule has 0 saturated heterocycles. The smallest absolute Gasteiger partial charge is 0.417 e. The molecule has 2 aromatic rings. The van der Waals surface area contributed by atoms with E-state index in [1.165, 1.54) is 6.08 Å². The fraction of sp³-hybridized carbons (Fsp3) is 0.417. The van der Waals surface area contributed by atoms with Crippen molar-refractivity contribution < 1.29 is 23.9 Å². The SMILES string of the molecule is CC(C)C[C@H](NC(=O)[C@@H](N)CCCN=C(N)N)C(=O)N(C(=O)OCc1ccccc1)[C@H](CNC(=O)/C=C/C=C/c1ccccc1)C(C)C. The van der Waals surface area contributed by atoms with Gasteiger partial charge >= 0.3 is 6.09 Å². The minimum Gasteiger partial charge on any atom is -0.444 e. The van der Waals surface area contributed by atoms with Crippen molar-refractivity contribution in [2.24, 2.45) is 34.0 Å². The van der Waals surface area contributed by atoms with Gasteiger partial charge in [-0.15, -0.1) is 0 Å². The Hall–Kier alpha value is -4.97. The molecule has 4 amide bonds. The van der Waals surface area contributed by atoms with E-state index in [1.54, 1.807) is 24.3 Å². The topological polar surface area (TPSA) is 195 Å². The number of aliphatic imine (C=N–C) groups is 1. The van der Waals surface area contributed by atoms with Crippen molar-refractivity contribution in [1.29, 1.82) is 0 Å². The first-order valence-corrected chi connectivity index (χ1v) is 16.2. The molecular weight excluding hydrogens is 610 g/mol. The largest absolute Gasteiger partial charge is 0.444 e. The van der Waals surface area contributed by atoms with Gasteiger partial charge in [-0.1, -0.05) is 107 Å². The molecule has 48 heavy (non-hydrogen) atoms. The first-order valence-electron chi connectivity index (χ1n) is 16.2. The summed E-state index contributed by atoms with van der Waals surface area (Å²) >= 11 is 0. The maximum absolute atomic E-state index is 14.2. The van der Waals surface area contributed by atoms with E-state index in [0.717, 1.165) is 16.0 Å². The molecule has 12 heteroatoms. The van der Waals surface area contributed by atoms with Gasteiger partial charge in [0.2, 0.25) is 11.8 Å². The number of allylic oxidation sites excluding steroid dienone is 2. The maximum Gasteiger partial charge on any atom is 0.417 e. The van der Waals surface area contributed by atoms with Crippen molar-refractivity contribution in [1.82, 2.24) is 15.5 Å². The van der Waals surface area contributed by atoms with E-state index in [0.29, 0.717) is 13.0 Å². The fourth-order valence-electron chi connectivity index (χ4n) is 4.73. The van der Waals surface area contributed by atoms with Gasteiger partial charge < -0.3 is 32.6 Å². The van der Waals surface area contributed by atoms with E-state index in [-0.39, 0.29) is 43.8 Å². The number of carbonyl (C=O) groups is 4. The molecule has 0 aromatic heterocycles. The summed E-state index contributed by atoms with van der Waals surface area (Å²) in [4.78, 5) is 58.8. The zero-order valence-electron chi connectivity index (χ0n) is 28.4. The zero-order valence-corrected chi connectivity index (χ0v) is 28.4. The van der Waals surface area contributed by atoms with E-state index in [9.17, 15) is 19.2 Å². The van der Waals surface area contributed by atoms with Crippen LogP contribution in [0.4, 0.5) is 4.79 Å². The van der Waals surface area contributed by atoms with E-state index >= 15 is 0 Å². The second-order valence-corrected chi connectivity index (χ2v) is 12.2. The molecule has 2 aromatic carbocycles. The van der Waals surface area contributed by atoms with Gasteiger partial charge in [0.05, 0.1) is 12.1 Å². The van der Waals surface area contributed by atoms with Crippen LogP contribution in [0.3, 0.4) is 0 Å². The summed E-state index contributed by atoms with van der Waals surface area (Å²) in [6.45, 7) is 7.67. The molecule has 2 rings (SSSR count). The number of amides is 4. The summed E-state index contributed by atoms with van der Waals surface area (Å²) in [5.74, 6) is -1.96. The summed E-state index contributed by atoms with van der Waals surface area (Å²) < 4.78 is 5.62. The Balaban J connectivity index is 2.27. The van der Waals surface area contributed by atoms with Crippen molar-refractivity contribution in [2.45, 2.75) is 71.7 Å². The van der Waals surface area contributed by atoms with Crippen LogP contribution in [0.25, 0.3) is 6.08 Å².